The first-order valence-corrected chi connectivity index (χ1v) is 22.1. The van der Waals surface area contributed by atoms with Gasteiger partial charge in [-0.1, -0.05) is 0 Å². The van der Waals surface area contributed by atoms with Crippen LogP contribution in [0.3, 0.4) is 0 Å². The molecule has 0 bridgehead atoms. The van der Waals surface area contributed by atoms with Crippen molar-refractivity contribution in [2.45, 2.75) is 29.6 Å². The van der Waals surface area contributed by atoms with E-state index in [0.29, 0.717) is 7.35 Å². The third-order valence-electron chi connectivity index (χ3n) is 8.70. The number of hydrogen-bond acceptors (Lipinski definition) is 0. The molecule has 186 valence electrons. The molecule has 0 nitrogen and oxygen atoms in total. The van der Waals surface area contributed by atoms with Crippen LogP contribution in [0.2, 0.25) is 8.35 Å². The Morgan fingerprint density at radius 1 is 0.514 bits per heavy atom. The Morgan fingerprint density at radius 3 is 1.30 bits per heavy atom. The van der Waals surface area contributed by atoms with Crippen molar-refractivity contribution < 1.29 is 20.0 Å². The Bertz CT molecular complexity index is 1400. The maximum Gasteiger partial charge on any atom is -0.147 e. The van der Waals surface area contributed by atoms with Crippen LogP contribution in [-0.4, -0.2) is 0 Å². The van der Waals surface area contributed by atoms with Crippen LogP contribution in [0.15, 0.2) is 108 Å². The molecule has 3 heteroatoms. The maximum absolute atomic E-state index is 2.73. The van der Waals surface area contributed by atoms with Gasteiger partial charge in [0.05, 0.1) is 0 Å². The first kappa shape index (κ1) is 26.4. The van der Waals surface area contributed by atoms with Crippen molar-refractivity contribution in [1.82, 2.24) is 0 Å². The van der Waals surface area contributed by atoms with Crippen LogP contribution in [0.25, 0.3) is 34.4 Å². The summed E-state index contributed by atoms with van der Waals surface area (Å²) in [6.45, 7) is 4.85. The minimum atomic E-state index is -2.73. The normalized spacial score (nSPS) is 20.1. The van der Waals surface area contributed by atoms with Gasteiger partial charge >= 0.3 is 214 Å². The van der Waals surface area contributed by atoms with Crippen molar-refractivity contribution in [3.63, 3.8) is 0 Å². The van der Waals surface area contributed by atoms with Crippen molar-refractivity contribution >= 4 is 37.0 Å². The monoisotopic (exact) mass is 690 g/mol. The van der Waals surface area contributed by atoms with Gasteiger partial charge in [0.1, 0.15) is 0 Å². The topological polar surface area (TPSA) is 0 Å². The predicted octanol–water partition coefficient (Wildman–Crippen LogP) is 10.5. The smallest absolute Gasteiger partial charge is 0.147 e. The maximum atomic E-state index is 2.54. The molecule has 4 aromatic rings. The summed E-state index contributed by atoms with van der Waals surface area (Å²) >= 11 is -2.73. The second-order valence-electron chi connectivity index (χ2n) is 10.7. The molecule has 1 aliphatic heterocycles. The number of hydrogen-bond donors (Lipinski definition) is 0. The molecule has 37 heavy (non-hydrogen) atoms. The third-order valence-corrected chi connectivity index (χ3v) is 28.4. The van der Waals surface area contributed by atoms with Crippen molar-refractivity contribution in [2.75, 3.05) is 0 Å². The largest absolute Gasteiger partial charge is 0.147 e. The number of fused-ring (bicyclic) bond motifs is 2. The van der Waals surface area contributed by atoms with Crippen LogP contribution >= 0.6 is 24.8 Å². The minimum absolute atomic E-state index is 0. The van der Waals surface area contributed by atoms with Gasteiger partial charge < -0.3 is 0 Å². The molecule has 0 amide bonds. The number of rotatable bonds is 4. The Kier molecular flexibility index (Phi) is 7.26. The molecular formula is C34H32Cl2Hf. The van der Waals surface area contributed by atoms with E-state index in [9.17, 15) is 0 Å². The second-order valence-corrected chi connectivity index (χ2v) is 27.3. The molecule has 0 radical (unpaired) electrons. The van der Waals surface area contributed by atoms with E-state index in [1.165, 1.54) is 41.7 Å². The van der Waals surface area contributed by atoms with E-state index in [1.807, 2.05) is 0 Å². The Labute approximate surface area is 237 Å². The molecule has 2 unspecified atom stereocenters. The fourth-order valence-corrected chi connectivity index (χ4v) is 35.5. The summed E-state index contributed by atoms with van der Waals surface area (Å²) in [5.41, 5.74) is 15.0. The summed E-state index contributed by atoms with van der Waals surface area (Å²) in [6.07, 6.45) is 5.08. The summed E-state index contributed by atoms with van der Waals surface area (Å²) in [5, 5.41) is 0. The van der Waals surface area contributed by atoms with Crippen LogP contribution in [0.4, 0.5) is 0 Å². The van der Waals surface area contributed by atoms with Gasteiger partial charge in [-0.2, -0.15) is 0 Å². The summed E-state index contributed by atoms with van der Waals surface area (Å²) in [6, 6.07) is 36.1. The SMILES string of the molecule is CC1=Cc2c(-c3ccccc3)cccc2[CH]1[Hf]1([CH]2C(C)=Cc3c(-c4ccccc4)cccc32)[CH2][CH2]1.Cl.Cl. The van der Waals surface area contributed by atoms with Crippen LogP contribution in [0.5, 0.6) is 0 Å². The molecule has 1 saturated heterocycles. The molecule has 3 aliphatic rings. The molecule has 1 fully saturated rings. The average molecular weight is 690 g/mol. The average Bonchev–Trinajstić information content (AvgIpc) is 3.47. The second kappa shape index (κ2) is 10.2. The van der Waals surface area contributed by atoms with E-state index in [4.69, 9.17) is 0 Å². The van der Waals surface area contributed by atoms with Crippen molar-refractivity contribution in [3.8, 4) is 22.3 Å². The number of benzene rings is 4. The molecule has 4 aromatic carbocycles. The van der Waals surface area contributed by atoms with Gasteiger partial charge in [0.2, 0.25) is 0 Å². The zero-order chi connectivity index (χ0) is 23.6. The van der Waals surface area contributed by atoms with E-state index in [1.54, 1.807) is 22.3 Å². The van der Waals surface area contributed by atoms with Gasteiger partial charge in [0, 0.05) is 0 Å². The van der Waals surface area contributed by atoms with Crippen LogP contribution in [0, 0.1) is 0 Å². The fourth-order valence-electron chi connectivity index (χ4n) is 7.26. The molecule has 0 saturated carbocycles. The molecule has 0 spiro atoms. The summed E-state index contributed by atoms with van der Waals surface area (Å²) in [7, 11) is 0. The van der Waals surface area contributed by atoms with E-state index >= 15 is 0 Å². The summed E-state index contributed by atoms with van der Waals surface area (Å²) in [4.78, 5) is 0. The Balaban J connectivity index is 0.00000140. The van der Waals surface area contributed by atoms with Gasteiger partial charge in [-0.15, -0.1) is 24.8 Å². The zero-order valence-corrected chi connectivity index (χ0v) is 26.5. The Morgan fingerprint density at radius 2 is 0.919 bits per heavy atom. The molecule has 1 heterocycles. The molecule has 0 N–H and O–H groups in total. The summed E-state index contributed by atoms with van der Waals surface area (Å²) < 4.78 is 4.45. The van der Waals surface area contributed by atoms with Gasteiger partial charge in [-0.3, -0.25) is 0 Å². The molecular weight excluding hydrogens is 658 g/mol. The number of allylic oxidation sites excluding steroid dienone is 2. The minimum Gasteiger partial charge on any atom is -0.147 e. The predicted molar refractivity (Wildman–Crippen MR) is 161 cm³/mol. The van der Waals surface area contributed by atoms with Gasteiger partial charge in [0.25, 0.3) is 0 Å². The molecule has 2 atom stereocenters. The standard InChI is InChI=1S/2C16H13.C2H4.2ClH.Hf/c2*1-12-10-14-8-5-9-15(16(14)11-12)13-6-3-2-4-7-13;1-2;;;/h2*2-11H,1H3;1-2H2;2*1H;. The van der Waals surface area contributed by atoms with E-state index < -0.39 is 20.0 Å². The van der Waals surface area contributed by atoms with E-state index in [2.05, 4.69) is 123 Å². The summed E-state index contributed by atoms with van der Waals surface area (Å²) in [5.74, 6) is 0. The Hall–Kier alpha value is -2.19. The van der Waals surface area contributed by atoms with Crippen LogP contribution in [-0.2, 0) is 20.0 Å². The van der Waals surface area contributed by atoms with E-state index in [0.717, 1.165) is 0 Å². The van der Waals surface area contributed by atoms with Crippen LogP contribution < -0.4 is 0 Å². The van der Waals surface area contributed by atoms with Gasteiger partial charge in [-0.05, 0) is 0 Å². The first-order valence-electron chi connectivity index (χ1n) is 12.9. The van der Waals surface area contributed by atoms with Gasteiger partial charge in [0.15, 0.2) is 0 Å². The number of halogens is 2. The van der Waals surface area contributed by atoms with Crippen molar-refractivity contribution in [2.24, 2.45) is 0 Å². The first-order chi connectivity index (χ1) is 17.2. The van der Waals surface area contributed by atoms with Crippen molar-refractivity contribution in [3.05, 3.63) is 130 Å². The zero-order valence-electron chi connectivity index (χ0n) is 21.3. The van der Waals surface area contributed by atoms with Crippen molar-refractivity contribution in [1.29, 1.82) is 0 Å². The third kappa shape index (κ3) is 4.15. The van der Waals surface area contributed by atoms with Gasteiger partial charge in [-0.25, -0.2) is 0 Å². The fraction of sp³-hybridized carbons (Fsp3) is 0.176. The molecule has 0 aromatic heterocycles. The quantitative estimate of drug-likeness (QED) is 0.187. The molecule has 7 rings (SSSR count). The van der Waals surface area contributed by atoms with Crippen LogP contribution in [0.1, 0.15) is 43.5 Å². The van der Waals surface area contributed by atoms with E-state index in [-0.39, 0.29) is 24.8 Å². The molecule has 2 aliphatic carbocycles.